The van der Waals surface area contributed by atoms with Crippen LogP contribution in [-0.2, 0) is 11.3 Å². The number of nitrogens with zero attached hydrogens (tertiary/aromatic N) is 5. The number of hydrogen-bond donors (Lipinski definition) is 1. The lowest BCUT2D eigenvalue weighted by atomic mass is 10.2. The standard InChI is InChI=1S/C23H20N6O5S/c1-2-28-22(19-9-6-12-33-19)26-27-23(28)35-20-11-10-17(29(31)32)13-16(20)14-24-25-21(30)15-34-18-7-4-3-5-8-18/h3-14H,2,15H2,1H3,(H,25,30)/b24-14-. The highest BCUT2D eigenvalue weighted by atomic mass is 32.2. The molecule has 4 aromatic rings. The van der Waals surface area contributed by atoms with Crippen molar-refractivity contribution in [2.75, 3.05) is 6.61 Å². The number of carbonyl (C=O) groups excluding carboxylic acids is 1. The van der Waals surface area contributed by atoms with Gasteiger partial charge in [-0.15, -0.1) is 10.2 Å². The molecular formula is C23H20N6O5S. The number of non-ortho nitro benzene ring substituents is 1. The van der Waals surface area contributed by atoms with Crippen molar-refractivity contribution in [3.8, 4) is 17.3 Å². The molecule has 1 N–H and O–H groups in total. The number of benzene rings is 2. The van der Waals surface area contributed by atoms with Crippen molar-refractivity contribution in [1.29, 1.82) is 0 Å². The number of hydrogen-bond acceptors (Lipinski definition) is 9. The van der Waals surface area contributed by atoms with E-state index in [1.807, 2.05) is 17.6 Å². The Balaban J connectivity index is 1.51. The van der Waals surface area contributed by atoms with Crippen molar-refractivity contribution < 1.29 is 18.9 Å². The number of nitro benzene ring substituents is 1. The van der Waals surface area contributed by atoms with Gasteiger partial charge in [0.15, 0.2) is 23.3 Å². The number of nitro groups is 1. The van der Waals surface area contributed by atoms with E-state index in [0.717, 1.165) is 0 Å². The molecule has 0 saturated heterocycles. The van der Waals surface area contributed by atoms with E-state index in [1.54, 1.807) is 48.7 Å². The van der Waals surface area contributed by atoms with Crippen LogP contribution in [0.15, 0.2) is 86.5 Å². The molecule has 178 valence electrons. The van der Waals surface area contributed by atoms with Crippen molar-refractivity contribution in [3.63, 3.8) is 0 Å². The molecular weight excluding hydrogens is 472 g/mol. The molecule has 0 bridgehead atoms. The van der Waals surface area contributed by atoms with Crippen LogP contribution in [0.1, 0.15) is 12.5 Å². The van der Waals surface area contributed by atoms with Crippen LogP contribution >= 0.6 is 11.8 Å². The van der Waals surface area contributed by atoms with Crippen LogP contribution in [-0.4, -0.2) is 38.4 Å². The Labute approximate surface area is 204 Å². The number of nitrogens with one attached hydrogen (secondary N) is 1. The Morgan fingerprint density at radius 1 is 1.23 bits per heavy atom. The van der Waals surface area contributed by atoms with Crippen LogP contribution < -0.4 is 10.2 Å². The minimum atomic E-state index is -0.498. The van der Waals surface area contributed by atoms with Gasteiger partial charge in [-0.25, -0.2) is 5.43 Å². The molecule has 0 aliphatic carbocycles. The minimum Gasteiger partial charge on any atom is -0.484 e. The molecule has 0 unspecified atom stereocenters. The van der Waals surface area contributed by atoms with Gasteiger partial charge in [-0.1, -0.05) is 18.2 Å². The third-order valence-corrected chi connectivity index (χ3v) is 5.76. The van der Waals surface area contributed by atoms with Gasteiger partial charge in [-0.05, 0) is 49.0 Å². The van der Waals surface area contributed by atoms with E-state index in [0.29, 0.717) is 39.5 Å². The van der Waals surface area contributed by atoms with E-state index in [9.17, 15) is 14.9 Å². The second-order valence-corrected chi connectivity index (χ2v) is 8.01. The van der Waals surface area contributed by atoms with Crippen LogP contribution in [0.2, 0.25) is 0 Å². The highest BCUT2D eigenvalue weighted by Gasteiger charge is 2.18. The van der Waals surface area contributed by atoms with Crippen molar-refractivity contribution in [1.82, 2.24) is 20.2 Å². The second-order valence-electron chi connectivity index (χ2n) is 7.00. The van der Waals surface area contributed by atoms with Crippen molar-refractivity contribution >= 4 is 29.6 Å². The zero-order valence-electron chi connectivity index (χ0n) is 18.5. The topological polar surface area (TPSA) is 138 Å². The highest BCUT2D eigenvalue weighted by Crippen LogP contribution is 2.33. The third-order valence-electron chi connectivity index (χ3n) is 4.69. The van der Waals surface area contributed by atoms with Gasteiger partial charge >= 0.3 is 0 Å². The number of aromatic nitrogens is 3. The number of ether oxygens (including phenoxy) is 1. The first-order valence-corrected chi connectivity index (χ1v) is 11.3. The molecule has 0 radical (unpaired) electrons. The summed E-state index contributed by atoms with van der Waals surface area (Å²) in [6.07, 6.45) is 2.90. The zero-order valence-corrected chi connectivity index (χ0v) is 19.3. The highest BCUT2D eigenvalue weighted by molar-refractivity contribution is 7.99. The van der Waals surface area contributed by atoms with Crippen molar-refractivity contribution in [2.45, 2.75) is 23.5 Å². The van der Waals surface area contributed by atoms with Gasteiger partial charge in [0.25, 0.3) is 11.6 Å². The van der Waals surface area contributed by atoms with Crippen LogP contribution in [0, 0.1) is 10.1 Å². The number of furan rings is 1. The quantitative estimate of drug-likeness (QED) is 0.198. The molecule has 2 heterocycles. The third kappa shape index (κ3) is 5.92. The molecule has 12 heteroatoms. The maximum atomic E-state index is 12.1. The summed E-state index contributed by atoms with van der Waals surface area (Å²) in [6.45, 7) is 2.30. The fourth-order valence-electron chi connectivity index (χ4n) is 3.05. The maximum Gasteiger partial charge on any atom is 0.277 e. The van der Waals surface area contributed by atoms with Gasteiger partial charge in [0.05, 0.1) is 17.4 Å². The number of amides is 1. The first-order valence-electron chi connectivity index (χ1n) is 10.5. The molecule has 35 heavy (non-hydrogen) atoms. The summed E-state index contributed by atoms with van der Waals surface area (Å²) >= 11 is 1.27. The number of para-hydroxylation sites is 1. The summed E-state index contributed by atoms with van der Waals surface area (Å²) in [7, 11) is 0. The summed E-state index contributed by atoms with van der Waals surface area (Å²) in [5.74, 6) is 1.23. The van der Waals surface area contributed by atoms with E-state index < -0.39 is 10.8 Å². The normalized spacial score (nSPS) is 11.0. The number of rotatable bonds is 10. The molecule has 0 aliphatic rings. The lowest BCUT2D eigenvalue weighted by molar-refractivity contribution is -0.384. The summed E-state index contributed by atoms with van der Waals surface area (Å²) in [5.41, 5.74) is 2.69. The van der Waals surface area contributed by atoms with E-state index in [1.165, 1.54) is 30.1 Å². The molecule has 0 saturated carbocycles. The molecule has 0 fully saturated rings. The van der Waals surface area contributed by atoms with Gasteiger partial charge in [0.1, 0.15) is 5.75 Å². The predicted octanol–water partition coefficient (Wildman–Crippen LogP) is 4.15. The van der Waals surface area contributed by atoms with E-state index in [-0.39, 0.29) is 12.3 Å². The van der Waals surface area contributed by atoms with Crippen LogP contribution in [0.25, 0.3) is 11.6 Å². The lowest BCUT2D eigenvalue weighted by Gasteiger charge is -2.08. The summed E-state index contributed by atoms with van der Waals surface area (Å²) in [6, 6.07) is 16.8. The van der Waals surface area contributed by atoms with Gasteiger partial charge in [-0.2, -0.15) is 5.10 Å². The Morgan fingerprint density at radius 3 is 2.77 bits per heavy atom. The zero-order chi connectivity index (χ0) is 24.6. The molecule has 2 aromatic heterocycles. The van der Waals surface area contributed by atoms with Gasteiger partial charge < -0.3 is 9.15 Å². The second kappa shape index (κ2) is 11.1. The largest absolute Gasteiger partial charge is 0.484 e. The van der Waals surface area contributed by atoms with Gasteiger partial charge in [0.2, 0.25) is 0 Å². The smallest absolute Gasteiger partial charge is 0.277 e. The van der Waals surface area contributed by atoms with Crippen LogP contribution in [0.4, 0.5) is 5.69 Å². The number of hydrazone groups is 1. The van der Waals surface area contributed by atoms with Crippen LogP contribution in [0.3, 0.4) is 0 Å². The molecule has 2 aromatic carbocycles. The molecule has 11 nitrogen and oxygen atoms in total. The fourth-order valence-corrected chi connectivity index (χ4v) is 4.02. The van der Waals surface area contributed by atoms with Crippen LogP contribution in [0.5, 0.6) is 5.75 Å². The van der Waals surface area contributed by atoms with E-state index in [2.05, 4.69) is 20.7 Å². The van der Waals surface area contributed by atoms with E-state index >= 15 is 0 Å². The van der Waals surface area contributed by atoms with Gasteiger partial charge in [0, 0.05) is 29.1 Å². The monoisotopic (exact) mass is 492 g/mol. The predicted molar refractivity (Wildman–Crippen MR) is 128 cm³/mol. The van der Waals surface area contributed by atoms with Crippen molar-refractivity contribution in [2.24, 2.45) is 5.10 Å². The van der Waals surface area contributed by atoms with E-state index in [4.69, 9.17) is 9.15 Å². The Hall–Kier alpha value is -4.45. The molecule has 0 spiro atoms. The minimum absolute atomic E-state index is 0.109. The SMILES string of the molecule is CCn1c(Sc2ccc([N+](=O)[O-])cc2/C=N\NC(=O)COc2ccccc2)nnc1-c1ccco1. The Kier molecular flexibility index (Phi) is 7.53. The van der Waals surface area contributed by atoms with Crippen molar-refractivity contribution in [3.05, 3.63) is 82.6 Å². The lowest BCUT2D eigenvalue weighted by Crippen LogP contribution is -2.24. The first kappa shape index (κ1) is 23.7. The average molecular weight is 493 g/mol. The summed E-state index contributed by atoms with van der Waals surface area (Å²) in [5, 5.41) is 24.3. The Bertz CT molecular complexity index is 1340. The fraction of sp³-hybridized carbons (Fsp3) is 0.130. The molecule has 4 rings (SSSR count). The average Bonchev–Trinajstić information content (AvgIpc) is 3.54. The maximum absolute atomic E-state index is 12.1. The molecule has 1 amide bonds. The van der Waals surface area contributed by atoms with Gasteiger partial charge in [-0.3, -0.25) is 19.5 Å². The molecule has 0 atom stereocenters. The summed E-state index contributed by atoms with van der Waals surface area (Å²) in [4.78, 5) is 23.5. The number of carbonyl (C=O) groups is 1. The first-order chi connectivity index (χ1) is 17.0. The molecule has 0 aliphatic heterocycles. The summed E-state index contributed by atoms with van der Waals surface area (Å²) < 4.78 is 12.7. The Morgan fingerprint density at radius 2 is 2.06 bits per heavy atom.